The first-order valence-electron chi connectivity index (χ1n) is 6.93. The number of halogens is 8. The summed E-state index contributed by atoms with van der Waals surface area (Å²) in [6, 6.07) is 0.513. The quantitative estimate of drug-likeness (QED) is 0.200. The zero-order valence-corrected chi connectivity index (χ0v) is 14.7. The minimum atomic E-state index is -6.50. The Balaban J connectivity index is 2.21. The van der Waals surface area contributed by atoms with Crippen LogP contribution in [0.1, 0.15) is 5.76 Å². The minimum absolute atomic E-state index is 0.00902. The Morgan fingerprint density at radius 2 is 1.75 bits per heavy atom. The first kappa shape index (κ1) is 21.7. The molecule has 0 saturated heterocycles. The Morgan fingerprint density at radius 3 is 2.32 bits per heavy atom. The van der Waals surface area contributed by atoms with Crippen molar-refractivity contribution in [3.63, 3.8) is 0 Å². The number of nitro groups is 1. The normalized spacial score (nSPS) is 13.1. The van der Waals surface area contributed by atoms with E-state index in [1.807, 2.05) is 0 Å². The van der Waals surface area contributed by atoms with Gasteiger partial charge in [-0.1, -0.05) is 15.9 Å². The fourth-order valence-corrected chi connectivity index (χ4v) is 2.21. The predicted octanol–water partition coefficient (Wildman–Crippen LogP) is 5.33. The van der Waals surface area contributed by atoms with Crippen LogP contribution in [-0.4, -0.2) is 29.3 Å². The predicted molar refractivity (Wildman–Crippen MR) is 85.2 cm³/mol. The largest absolute Gasteiger partial charge is 0.462 e. The molecule has 0 amide bonds. The van der Waals surface area contributed by atoms with Crippen LogP contribution in [0.3, 0.4) is 0 Å². The van der Waals surface area contributed by atoms with Crippen molar-refractivity contribution in [1.29, 1.82) is 0 Å². The number of hydrogen-bond acceptors (Lipinski definition) is 5. The van der Waals surface area contributed by atoms with Gasteiger partial charge in [-0.3, -0.25) is 10.1 Å². The number of hydrazone groups is 1. The van der Waals surface area contributed by atoms with E-state index in [1.54, 1.807) is 0 Å². The average Bonchev–Trinajstić information content (AvgIpc) is 3.02. The molecule has 1 N–H and O–H groups in total. The van der Waals surface area contributed by atoms with Gasteiger partial charge < -0.3 is 4.42 Å². The molecule has 0 aliphatic rings. The lowest BCUT2D eigenvalue weighted by Crippen LogP contribution is -2.58. The molecule has 6 nitrogen and oxygen atoms in total. The van der Waals surface area contributed by atoms with Crippen LogP contribution in [-0.2, 0) is 0 Å². The van der Waals surface area contributed by atoms with E-state index in [2.05, 4.69) is 21.0 Å². The molecule has 14 heteroatoms. The number of benzene rings is 1. The topological polar surface area (TPSA) is 80.7 Å². The van der Waals surface area contributed by atoms with E-state index in [0.717, 1.165) is 6.07 Å². The highest BCUT2D eigenvalue weighted by molar-refractivity contribution is 9.10. The summed E-state index contributed by atoms with van der Waals surface area (Å²) in [6.45, 7) is 0. The van der Waals surface area contributed by atoms with Gasteiger partial charge >= 0.3 is 18.1 Å². The lowest BCUT2D eigenvalue weighted by Gasteiger charge is -2.27. The van der Waals surface area contributed by atoms with Gasteiger partial charge in [0.2, 0.25) is 0 Å². The van der Waals surface area contributed by atoms with E-state index in [-0.39, 0.29) is 22.8 Å². The Kier molecular flexibility index (Phi) is 5.73. The third kappa shape index (κ3) is 4.26. The molecule has 0 spiro atoms. The molecule has 1 aromatic carbocycles. The molecule has 0 atom stereocenters. The van der Waals surface area contributed by atoms with Crippen LogP contribution >= 0.6 is 15.9 Å². The molecule has 1 heterocycles. The maximum Gasteiger partial charge on any atom is 0.462 e. The minimum Gasteiger partial charge on any atom is -0.455 e. The Bertz CT molecular complexity index is 912. The van der Waals surface area contributed by atoms with Gasteiger partial charge in [0.25, 0.3) is 5.69 Å². The van der Waals surface area contributed by atoms with Crippen molar-refractivity contribution < 1.29 is 40.1 Å². The Hall–Kier alpha value is -2.64. The number of furan rings is 1. The molecule has 0 unspecified atom stereocenters. The molecule has 0 aliphatic heterocycles. The van der Waals surface area contributed by atoms with Crippen LogP contribution < -0.4 is 5.43 Å². The molecule has 2 aromatic rings. The maximum atomic E-state index is 13.0. The zero-order chi connectivity index (χ0) is 21.3. The molecule has 1 aromatic heterocycles. The van der Waals surface area contributed by atoms with Crippen LogP contribution in [0.15, 0.2) is 44.3 Å². The van der Waals surface area contributed by atoms with E-state index >= 15 is 0 Å². The third-order valence-corrected chi connectivity index (χ3v) is 3.69. The summed E-state index contributed by atoms with van der Waals surface area (Å²) in [5.74, 6) is -6.80. The third-order valence-electron chi connectivity index (χ3n) is 3.20. The summed E-state index contributed by atoms with van der Waals surface area (Å²) in [5.41, 5.74) is 0.0816. The zero-order valence-electron chi connectivity index (χ0n) is 13.1. The Labute approximate surface area is 159 Å². The van der Waals surface area contributed by atoms with Gasteiger partial charge in [0, 0.05) is 10.5 Å². The summed E-state index contributed by atoms with van der Waals surface area (Å²) in [7, 11) is 0. The SMILES string of the molecule is O=[N+]([O-])c1cc(Br)ccc1-c1ccc(/C=N\NC(F)(F)C(F)(F)C(F)(F)F)o1. The van der Waals surface area contributed by atoms with Crippen molar-refractivity contribution >= 4 is 27.8 Å². The number of hydrogen-bond donors (Lipinski definition) is 1. The van der Waals surface area contributed by atoms with E-state index in [1.165, 1.54) is 24.3 Å². The molecule has 0 radical (unpaired) electrons. The fourth-order valence-electron chi connectivity index (χ4n) is 1.86. The van der Waals surface area contributed by atoms with Crippen molar-refractivity contribution in [2.24, 2.45) is 5.10 Å². The van der Waals surface area contributed by atoms with Crippen LogP contribution in [0.25, 0.3) is 11.3 Å². The fraction of sp³-hybridized carbons (Fsp3) is 0.214. The smallest absolute Gasteiger partial charge is 0.455 e. The highest BCUT2D eigenvalue weighted by Crippen LogP contribution is 2.45. The molecule has 0 aliphatic carbocycles. The highest BCUT2D eigenvalue weighted by atomic mass is 79.9. The van der Waals surface area contributed by atoms with Crippen molar-refractivity contribution in [3.8, 4) is 11.3 Å². The van der Waals surface area contributed by atoms with Crippen LogP contribution in [0, 0.1) is 10.1 Å². The van der Waals surface area contributed by atoms with Crippen LogP contribution in [0.2, 0.25) is 0 Å². The van der Waals surface area contributed by atoms with Gasteiger partial charge in [-0.2, -0.15) is 35.8 Å². The van der Waals surface area contributed by atoms with Crippen molar-refractivity contribution in [2.75, 3.05) is 0 Å². The van der Waals surface area contributed by atoms with E-state index < -0.39 is 23.1 Å². The summed E-state index contributed by atoms with van der Waals surface area (Å²) in [4.78, 5) is 10.4. The molecular weight excluding hydrogens is 471 g/mol. The summed E-state index contributed by atoms with van der Waals surface area (Å²) >= 11 is 3.05. The number of nitrogens with one attached hydrogen (secondary N) is 1. The first-order valence-corrected chi connectivity index (χ1v) is 7.72. The number of nitrogens with zero attached hydrogens (tertiary/aromatic N) is 2. The lowest BCUT2D eigenvalue weighted by molar-refractivity contribution is -0.384. The summed E-state index contributed by atoms with van der Waals surface area (Å²) in [5, 5.41) is 13.7. The number of rotatable bonds is 6. The van der Waals surface area contributed by atoms with Crippen molar-refractivity contribution in [3.05, 3.63) is 50.7 Å². The van der Waals surface area contributed by atoms with Crippen molar-refractivity contribution in [1.82, 2.24) is 5.43 Å². The van der Waals surface area contributed by atoms with Gasteiger partial charge in [-0.15, -0.1) is 0 Å². The maximum absolute atomic E-state index is 13.0. The summed E-state index contributed by atoms with van der Waals surface area (Å²) in [6.07, 6.45) is -6.09. The van der Waals surface area contributed by atoms with Gasteiger partial charge in [0.1, 0.15) is 11.5 Å². The average molecular weight is 478 g/mol. The monoisotopic (exact) mass is 477 g/mol. The Morgan fingerprint density at radius 1 is 1.11 bits per heavy atom. The van der Waals surface area contributed by atoms with E-state index in [0.29, 0.717) is 16.1 Å². The summed E-state index contributed by atoms with van der Waals surface area (Å²) < 4.78 is 93.0. The highest BCUT2D eigenvalue weighted by Gasteiger charge is 2.73. The second kappa shape index (κ2) is 7.41. The van der Waals surface area contributed by atoms with Gasteiger partial charge in [-0.05, 0) is 24.3 Å². The molecule has 0 saturated carbocycles. The molecular formula is C14H7BrF7N3O3. The molecule has 0 bridgehead atoms. The molecule has 2 rings (SSSR count). The molecule has 0 fully saturated rings. The van der Waals surface area contributed by atoms with E-state index in [4.69, 9.17) is 4.42 Å². The standard InChI is InChI=1S/C14H7BrF7N3O3/c15-7-1-3-9(10(5-7)25(26)27)11-4-2-8(28-11)6-23-24-14(21,22)12(16,17)13(18,19)20/h1-6,24H/b23-6-. The van der Waals surface area contributed by atoms with Gasteiger partial charge in [0.15, 0.2) is 0 Å². The second-order valence-electron chi connectivity index (χ2n) is 5.14. The molecule has 152 valence electrons. The number of nitro benzene ring substituents is 1. The number of alkyl halides is 7. The van der Waals surface area contributed by atoms with Crippen molar-refractivity contribution in [2.45, 2.75) is 18.1 Å². The van der Waals surface area contributed by atoms with Crippen LogP contribution in [0.5, 0.6) is 0 Å². The molecule has 28 heavy (non-hydrogen) atoms. The van der Waals surface area contributed by atoms with E-state index in [9.17, 15) is 40.8 Å². The first-order chi connectivity index (χ1) is 12.8. The second-order valence-corrected chi connectivity index (χ2v) is 6.05. The van der Waals surface area contributed by atoms with Gasteiger partial charge in [0.05, 0.1) is 16.7 Å². The lowest BCUT2D eigenvalue weighted by atomic mass is 10.1. The van der Waals surface area contributed by atoms with Crippen LogP contribution in [0.4, 0.5) is 36.4 Å². The van der Waals surface area contributed by atoms with Gasteiger partial charge in [-0.25, -0.2) is 5.43 Å².